The minimum absolute atomic E-state index is 0.182. The van der Waals surface area contributed by atoms with Crippen LogP contribution in [0.1, 0.15) is 5.56 Å². The molecule has 0 aliphatic heterocycles. The Labute approximate surface area is 84.6 Å². The lowest BCUT2D eigenvalue weighted by molar-refractivity contribution is 0.486. The molecule has 2 rings (SSSR count). The highest BCUT2D eigenvalue weighted by atomic mass is 35.5. The molecule has 0 spiro atoms. The Morgan fingerprint density at radius 2 is 2.23 bits per heavy atom. The van der Waals surface area contributed by atoms with Gasteiger partial charge in [0.2, 0.25) is 0 Å². The lowest BCUT2D eigenvalue weighted by Gasteiger charge is -1.94. The topological polar surface area (TPSA) is 46.2 Å². The van der Waals surface area contributed by atoms with Gasteiger partial charge in [-0.25, -0.2) is 0 Å². The van der Waals surface area contributed by atoms with Crippen LogP contribution in [-0.2, 0) is 5.88 Å². The van der Waals surface area contributed by atoms with Crippen LogP contribution in [0.15, 0.2) is 18.2 Å². The van der Waals surface area contributed by atoms with Crippen molar-refractivity contribution in [3.63, 3.8) is 0 Å². The second-order valence-electron chi connectivity index (χ2n) is 2.78. The van der Waals surface area contributed by atoms with E-state index >= 15 is 0 Å². The van der Waals surface area contributed by atoms with Gasteiger partial charge in [-0.2, -0.15) is 0 Å². The SMILES string of the molecule is Nc1sc2cc(CCl)ccc2c1O. The first-order valence-corrected chi connectivity index (χ1v) is 5.13. The van der Waals surface area contributed by atoms with Gasteiger partial charge in [-0.1, -0.05) is 6.07 Å². The summed E-state index contributed by atoms with van der Waals surface area (Å²) in [6.07, 6.45) is 0. The van der Waals surface area contributed by atoms with Crippen molar-refractivity contribution in [3.8, 4) is 5.75 Å². The third kappa shape index (κ3) is 1.34. The van der Waals surface area contributed by atoms with Crippen LogP contribution in [0, 0.1) is 0 Å². The largest absolute Gasteiger partial charge is 0.504 e. The Bertz CT molecular complexity index is 452. The maximum Gasteiger partial charge on any atom is 0.157 e. The lowest BCUT2D eigenvalue weighted by atomic mass is 10.2. The molecular weight excluding hydrogens is 206 g/mol. The number of hydrogen-bond acceptors (Lipinski definition) is 3. The highest BCUT2D eigenvalue weighted by molar-refractivity contribution is 7.23. The lowest BCUT2D eigenvalue weighted by Crippen LogP contribution is -1.76. The van der Waals surface area contributed by atoms with Crippen LogP contribution in [0.2, 0.25) is 0 Å². The monoisotopic (exact) mass is 213 g/mol. The summed E-state index contributed by atoms with van der Waals surface area (Å²) < 4.78 is 0.980. The van der Waals surface area contributed by atoms with Crippen molar-refractivity contribution < 1.29 is 5.11 Å². The summed E-state index contributed by atoms with van der Waals surface area (Å²) in [4.78, 5) is 0. The normalized spacial score (nSPS) is 10.8. The van der Waals surface area contributed by atoms with E-state index in [0.717, 1.165) is 15.6 Å². The fourth-order valence-corrected chi connectivity index (χ4v) is 2.32. The standard InChI is InChI=1S/C9H8ClNOS/c10-4-5-1-2-6-7(3-5)13-9(11)8(6)12/h1-3,12H,4,11H2. The van der Waals surface area contributed by atoms with Crippen LogP contribution in [0.25, 0.3) is 10.1 Å². The van der Waals surface area contributed by atoms with Gasteiger partial charge in [0.25, 0.3) is 0 Å². The summed E-state index contributed by atoms with van der Waals surface area (Å²) in [6.45, 7) is 0. The number of aromatic hydroxyl groups is 1. The molecule has 0 atom stereocenters. The third-order valence-electron chi connectivity index (χ3n) is 1.91. The molecule has 1 aromatic heterocycles. The van der Waals surface area contributed by atoms with Gasteiger partial charge in [-0.05, 0) is 17.7 Å². The van der Waals surface area contributed by atoms with E-state index in [1.807, 2.05) is 18.2 Å². The molecule has 2 aromatic rings. The number of hydrogen-bond donors (Lipinski definition) is 2. The van der Waals surface area contributed by atoms with Crippen LogP contribution in [0.3, 0.4) is 0 Å². The first-order valence-electron chi connectivity index (χ1n) is 3.78. The van der Waals surface area contributed by atoms with Crippen molar-refractivity contribution in [2.75, 3.05) is 5.73 Å². The van der Waals surface area contributed by atoms with Gasteiger partial charge in [-0.3, -0.25) is 0 Å². The highest BCUT2D eigenvalue weighted by Gasteiger charge is 2.07. The molecule has 0 aliphatic carbocycles. The quantitative estimate of drug-likeness (QED) is 0.716. The van der Waals surface area contributed by atoms with Crippen molar-refractivity contribution in [1.82, 2.24) is 0 Å². The summed E-state index contributed by atoms with van der Waals surface area (Å²) in [5.74, 6) is 0.662. The molecule has 0 aliphatic rings. The zero-order valence-corrected chi connectivity index (χ0v) is 8.32. The van der Waals surface area contributed by atoms with E-state index in [4.69, 9.17) is 17.3 Å². The van der Waals surface area contributed by atoms with Gasteiger partial charge in [0.05, 0.1) is 0 Å². The van der Waals surface area contributed by atoms with Crippen LogP contribution < -0.4 is 5.73 Å². The third-order valence-corrected chi connectivity index (χ3v) is 3.19. The van der Waals surface area contributed by atoms with Gasteiger partial charge >= 0.3 is 0 Å². The first-order chi connectivity index (χ1) is 6.22. The second kappa shape index (κ2) is 3.09. The van der Waals surface area contributed by atoms with Crippen molar-refractivity contribution >= 4 is 38.0 Å². The maximum atomic E-state index is 9.51. The van der Waals surface area contributed by atoms with E-state index in [2.05, 4.69) is 0 Å². The molecule has 13 heavy (non-hydrogen) atoms. The van der Waals surface area contributed by atoms with Gasteiger partial charge in [-0.15, -0.1) is 22.9 Å². The molecular formula is C9H8ClNOS. The summed E-state index contributed by atoms with van der Waals surface area (Å²) in [7, 11) is 0. The molecule has 0 saturated heterocycles. The van der Waals surface area contributed by atoms with Crippen LogP contribution in [0.4, 0.5) is 5.00 Å². The number of rotatable bonds is 1. The van der Waals surface area contributed by atoms with Crippen molar-refractivity contribution in [3.05, 3.63) is 23.8 Å². The number of anilines is 1. The zero-order chi connectivity index (χ0) is 9.42. The molecule has 0 bridgehead atoms. The molecule has 3 N–H and O–H groups in total. The van der Waals surface area contributed by atoms with E-state index in [9.17, 15) is 5.11 Å². The molecule has 1 aromatic carbocycles. The van der Waals surface area contributed by atoms with Crippen LogP contribution in [-0.4, -0.2) is 5.11 Å². The number of fused-ring (bicyclic) bond motifs is 1. The molecule has 4 heteroatoms. The Morgan fingerprint density at radius 1 is 1.46 bits per heavy atom. The second-order valence-corrected chi connectivity index (χ2v) is 4.13. The number of alkyl halides is 1. The van der Waals surface area contributed by atoms with Gasteiger partial charge in [0.1, 0.15) is 5.00 Å². The Kier molecular flexibility index (Phi) is 2.06. The minimum Gasteiger partial charge on any atom is -0.504 e. The van der Waals surface area contributed by atoms with Crippen LogP contribution >= 0.6 is 22.9 Å². The first kappa shape index (κ1) is 8.66. The molecule has 0 fully saturated rings. The number of halogens is 1. The fraction of sp³-hybridized carbons (Fsp3) is 0.111. The van der Waals surface area contributed by atoms with Crippen LogP contribution in [0.5, 0.6) is 5.75 Å². The average Bonchev–Trinajstić information content (AvgIpc) is 2.42. The summed E-state index contributed by atoms with van der Waals surface area (Å²) in [6, 6.07) is 5.68. The molecule has 2 nitrogen and oxygen atoms in total. The number of nitrogen functional groups attached to an aromatic ring is 1. The predicted molar refractivity (Wildman–Crippen MR) is 57.5 cm³/mol. The zero-order valence-electron chi connectivity index (χ0n) is 6.75. The van der Waals surface area contributed by atoms with Gasteiger partial charge in [0, 0.05) is 16.0 Å². The average molecular weight is 214 g/mol. The number of nitrogens with two attached hydrogens (primary N) is 1. The Morgan fingerprint density at radius 3 is 2.92 bits per heavy atom. The number of thiophene rings is 1. The van der Waals surface area contributed by atoms with E-state index in [1.165, 1.54) is 11.3 Å². The summed E-state index contributed by atoms with van der Waals surface area (Å²) in [5.41, 5.74) is 6.62. The maximum absolute atomic E-state index is 9.51. The van der Waals surface area contributed by atoms with Gasteiger partial charge in [0.15, 0.2) is 5.75 Å². The van der Waals surface area contributed by atoms with Crippen molar-refractivity contribution in [2.45, 2.75) is 5.88 Å². The van der Waals surface area contributed by atoms with Gasteiger partial charge < -0.3 is 10.8 Å². The minimum atomic E-state index is 0.182. The predicted octanol–water partition coefficient (Wildman–Crippen LogP) is 2.93. The fourth-order valence-electron chi connectivity index (χ4n) is 1.23. The summed E-state index contributed by atoms with van der Waals surface area (Å²) in [5, 5.41) is 10.8. The van der Waals surface area contributed by atoms with Crippen molar-refractivity contribution in [1.29, 1.82) is 0 Å². The Balaban J connectivity index is 2.73. The Hall–Kier alpha value is -0.930. The van der Waals surface area contributed by atoms with Crippen molar-refractivity contribution in [2.24, 2.45) is 0 Å². The highest BCUT2D eigenvalue weighted by Crippen LogP contribution is 2.39. The number of benzene rings is 1. The molecule has 1 heterocycles. The molecule has 0 radical (unpaired) electrons. The molecule has 0 unspecified atom stereocenters. The molecule has 68 valence electrons. The van der Waals surface area contributed by atoms with E-state index in [-0.39, 0.29) is 5.75 Å². The summed E-state index contributed by atoms with van der Waals surface area (Å²) >= 11 is 7.06. The van der Waals surface area contributed by atoms with E-state index < -0.39 is 0 Å². The smallest absolute Gasteiger partial charge is 0.157 e. The van der Waals surface area contributed by atoms with E-state index in [1.54, 1.807) is 0 Å². The molecule has 0 saturated carbocycles. The van der Waals surface area contributed by atoms with E-state index in [0.29, 0.717) is 10.9 Å². The molecule has 0 amide bonds.